The molecule has 0 saturated carbocycles. The molecule has 1 aromatic carbocycles. The SMILES string of the molecule is c1ccc(-n2ncnc2CSc2ncnc3ccsc23)cc1. The third kappa shape index (κ3) is 2.49. The monoisotopic (exact) mass is 325 g/mol. The van der Waals surface area contributed by atoms with Crippen LogP contribution in [0.5, 0.6) is 0 Å². The van der Waals surface area contributed by atoms with E-state index in [0.29, 0.717) is 5.75 Å². The predicted molar refractivity (Wildman–Crippen MR) is 88.3 cm³/mol. The van der Waals surface area contributed by atoms with E-state index in [1.807, 2.05) is 46.5 Å². The third-order valence-electron chi connectivity index (χ3n) is 3.17. The van der Waals surface area contributed by atoms with Crippen molar-refractivity contribution in [1.82, 2.24) is 24.7 Å². The molecule has 22 heavy (non-hydrogen) atoms. The number of hydrogen-bond donors (Lipinski definition) is 0. The average Bonchev–Trinajstić information content (AvgIpc) is 3.23. The molecule has 0 bridgehead atoms. The Labute approximate surface area is 135 Å². The van der Waals surface area contributed by atoms with Gasteiger partial charge in [0.2, 0.25) is 0 Å². The average molecular weight is 325 g/mol. The van der Waals surface area contributed by atoms with Crippen molar-refractivity contribution in [2.45, 2.75) is 10.8 Å². The minimum Gasteiger partial charge on any atom is -0.235 e. The van der Waals surface area contributed by atoms with Crippen molar-refractivity contribution in [1.29, 1.82) is 0 Å². The highest BCUT2D eigenvalue weighted by molar-refractivity contribution is 7.98. The van der Waals surface area contributed by atoms with Crippen LogP contribution < -0.4 is 0 Å². The molecule has 0 aliphatic rings. The third-order valence-corrected chi connectivity index (χ3v) is 5.19. The molecule has 0 aliphatic heterocycles. The van der Waals surface area contributed by atoms with Crippen LogP contribution >= 0.6 is 23.1 Å². The zero-order chi connectivity index (χ0) is 14.8. The first-order chi connectivity index (χ1) is 10.9. The number of para-hydroxylation sites is 1. The van der Waals surface area contributed by atoms with E-state index < -0.39 is 0 Å². The summed E-state index contributed by atoms with van der Waals surface area (Å²) in [6, 6.07) is 12.0. The van der Waals surface area contributed by atoms with Gasteiger partial charge >= 0.3 is 0 Å². The number of rotatable bonds is 4. The molecule has 0 radical (unpaired) electrons. The van der Waals surface area contributed by atoms with Gasteiger partial charge in [0.1, 0.15) is 23.5 Å². The van der Waals surface area contributed by atoms with E-state index in [2.05, 4.69) is 20.1 Å². The molecule has 0 saturated heterocycles. The maximum absolute atomic E-state index is 4.39. The molecule has 4 rings (SSSR count). The van der Waals surface area contributed by atoms with Crippen molar-refractivity contribution in [2.24, 2.45) is 0 Å². The zero-order valence-electron chi connectivity index (χ0n) is 11.5. The number of fused-ring (bicyclic) bond motifs is 1. The Morgan fingerprint density at radius 1 is 1.00 bits per heavy atom. The van der Waals surface area contributed by atoms with Crippen molar-refractivity contribution in [3.05, 3.63) is 60.3 Å². The lowest BCUT2D eigenvalue weighted by Gasteiger charge is -2.05. The molecule has 108 valence electrons. The van der Waals surface area contributed by atoms with Gasteiger partial charge in [0, 0.05) is 0 Å². The maximum atomic E-state index is 4.39. The summed E-state index contributed by atoms with van der Waals surface area (Å²) in [4.78, 5) is 13.0. The van der Waals surface area contributed by atoms with E-state index in [0.717, 1.165) is 26.8 Å². The minimum atomic E-state index is 0.707. The van der Waals surface area contributed by atoms with Crippen molar-refractivity contribution < 1.29 is 0 Å². The molecule has 3 heterocycles. The summed E-state index contributed by atoms with van der Waals surface area (Å²) in [5, 5.41) is 7.34. The van der Waals surface area contributed by atoms with Gasteiger partial charge in [-0.1, -0.05) is 30.0 Å². The van der Waals surface area contributed by atoms with Gasteiger partial charge in [-0.05, 0) is 23.6 Å². The Hall–Kier alpha value is -2.25. The summed E-state index contributed by atoms with van der Waals surface area (Å²) in [6.07, 6.45) is 3.20. The van der Waals surface area contributed by atoms with Crippen LogP contribution in [0.2, 0.25) is 0 Å². The number of hydrogen-bond acceptors (Lipinski definition) is 6. The van der Waals surface area contributed by atoms with Crippen LogP contribution in [0.15, 0.2) is 59.5 Å². The lowest BCUT2D eigenvalue weighted by Crippen LogP contribution is -2.01. The van der Waals surface area contributed by atoms with E-state index in [1.165, 1.54) is 0 Å². The van der Waals surface area contributed by atoms with Gasteiger partial charge in [0.25, 0.3) is 0 Å². The fourth-order valence-electron chi connectivity index (χ4n) is 2.15. The second-order valence-corrected chi connectivity index (χ2v) is 6.41. The highest BCUT2D eigenvalue weighted by Gasteiger charge is 2.10. The van der Waals surface area contributed by atoms with Crippen molar-refractivity contribution >= 4 is 33.3 Å². The lowest BCUT2D eigenvalue weighted by atomic mass is 10.3. The van der Waals surface area contributed by atoms with Crippen molar-refractivity contribution in [3.8, 4) is 5.69 Å². The Bertz CT molecular complexity index is 900. The van der Waals surface area contributed by atoms with E-state index in [-0.39, 0.29) is 0 Å². The summed E-state index contributed by atoms with van der Waals surface area (Å²) in [5.41, 5.74) is 2.01. The molecule has 0 atom stereocenters. The molecule has 0 spiro atoms. The maximum Gasteiger partial charge on any atom is 0.142 e. The largest absolute Gasteiger partial charge is 0.235 e. The minimum absolute atomic E-state index is 0.707. The molecular formula is C15H11N5S2. The van der Waals surface area contributed by atoms with Crippen LogP contribution in [-0.2, 0) is 5.75 Å². The van der Waals surface area contributed by atoms with Crippen LogP contribution in [0.25, 0.3) is 15.9 Å². The number of aromatic nitrogens is 5. The Balaban J connectivity index is 1.61. The Morgan fingerprint density at radius 3 is 2.82 bits per heavy atom. The van der Waals surface area contributed by atoms with Crippen LogP contribution in [0.1, 0.15) is 5.82 Å². The van der Waals surface area contributed by atoms with Gasteiger partial charge in [-0.3, -0.25) is 0 Å². The smallest absolute Gasteiger partial charge is 0.142 e. The van der Waals surface area contributed by atoms with Gasteiger partial charge in [-0.2, -0.15) is 5.10 Å². The quantitative estimate of drug-likeness (QED) is 0.424. The summed E-state index contributed by atoms with van der Waals surface area (Å²) in [5.74, 6) is 1.61. The molecule has 0 fully saturated rings. The fraction of sp³-hybridized carbons (Fsp3) is 0.0667. The Kier molecular flexibility index (Phi) is 3.57. The molecule has 4 aromatic rings. The molecule has 0 amide bonds. The Morgan fingerprint density at radius 2 is 1.91 bits per heavy atom. The topological polar surface area (TPSA) is 56.5 Å². The first-order valence-electron chi connectivity index (χ1n) is 6.67. The molecule has 3 aromatic heterocycles. The van der Waals surface area contributed by atoms with E-state index in [1.54, 1.807) is 35.8 Å². The lowest BCUT2D eigenvalue weighted by molar-refractivity contribution is 0.833. The van der Waals surface area contributed by atoms with Gasteiger partial charge in [-0.25, -0.2) is 19.6 Å². The predicted octanol–water partition coefficient (Wildman–Crippen LogP) is 3.56. The van der Waals surface area contributed by atoms with E-state index in [4.69, 9.17) is 0 Å². The van der Waals surface area contributed by atoms with Gasteiger partial charge < -0.3 is 0 Å². The second-order valence-electron chi connectivity index (χ2n) is 4.53. The molecule has 0 unspecified atom stereocenters. The summed E-state index contributed by atoms with van der Waals surface area (Å²) in [7, 11) is 0. The van der Waals surface area contributed by atoms with Crippen molar-refractivity contribution in [3.63, 3.8) is 0 Å². The fourth-order valence-corrected chi connectivity index (χ4v) is 4.02. The first kappa shape index (κ1) is 13.4. The van der Waals surface area contributed by atoms with Crippen LogP contribution in [-0.4, -0.2) is 24.7 Å². The zero-order valence-corrected chi connectivity index (χ0v) is 13.1. The molecule has 7 heteroatoms. The number of thioether (sulfide) groups is 1. The van der Waals surface area contributed by atoms with Gasteiger partial charge in [0.15, 0.2) is 0 Å². The molecule has 0 N–H and O–H groups in total. The van der Waals surface area contributed by atoms with Gasteiger partial charge in [0.05, 0.1) is 21.7 Å². The highest BCUT2D eigenvalue weighted by Crippen LogP contribution is 2.30. The first-order valence-corrected chi connectivity index (χ1v) is 8.53. The van der Waals surface area contributed by atoms with E-state index >= 15 is 0 Å². The van der Waals surface area contributed by atoms with Crippen LogP contribution in [0.4, 0.5) is 0 Å². The summed E-state index contributed by atoms with van der Waals surface area (Å²) < 4.78 is 2.98. The number of benzene rings is 1. The van der Waals surface area contributed by atoms with Gasteiger partial charge in [-0.15, -0.1) is 11.3 Å². The number of thiophene rings is 1. The van der Waals surface area contributed by atoms with Crippen LogP contribution in [0.3, 0.4) is 0 Å². The molecular weight excluding hydrogens is 314 g/mol. The standard InChI is InChI=1S/C15H11N5S2/c1-2-4-11(5-3-1)20-13(17-10-19-20)8-22-15-14-12(6-7-21-14)16-9-18-15/h1-7,9-10H,8H2. The number of nitrogens with zero attached hydrogens (tertiary/aromatic N) is 5. The van der Waals surface area contributed by atoms with E-state index in [9.17, 15) is 0 Å². The van der Waals surface area contributed by atoms with Crippen molar-refractivity contribution in [2.75, 3.05) is 0 Å². The second kappa shape index (κ2) is 5.86. The summed E-state index contributed by atoms with van der Waals surface area (Å²) in [6.45, 7) is 0. The summed E-state index contributed by atoms with van der Waals surface area (Å²) >= 11 is 3.32. The normalized spacial score (nSPS) is 11.1. The molecule has 5 nitrogen and oxygen atoms in total. The van der Waals surface area contributed by atoms with Crippen LogP contribution in [0, 0.1) is 0 Å². The highest BCUT2D eigenvalue weighted by atomic mass is 32.2. The molecule has 0 aliphatic carbocycles.